The second kappa shape index (κ2) is 8.05. The van der Waals surface area contributed by atoms with Gasteiger partial charge in [-0.3, -0.25) is 4.79 Å². The van der Waals surface area contributed by atoms with Crippen LogP contribution in [0.5, 0.6) is 0 Å². The average Bonchev–Trinajstić information content (AvgIpc) is 3.56. The van der Waals surface area contributed by atoms with E-state index in [0.29, 0.717) is 12.2 Å². The first-order chi connectivity index (χ1) is 19.0. The number of hydrogen-bond donors (Lipinski definition) is 2. The first-order valence-corrected chi connectivity index (χ1v) is 13.9. The summed E-state index contributed by atoms with van der Waals surface area (Å²) in [5, 5.41) is 10.8. The van der Waals surface area contributed by atoms with E-state index in [-0.39, 0.29) is 24.3 Å². The molecule has 2 N–H and O–H groups in total. The van der Waals surface area contributed by atoms with Crippen LogP contribution >= 0.6 is 0 Å². The molecule has 1 fully saturated rings. The van der Waals surface area contributed by atoms with Gasteiger partial charge in [0.15, 0.2) is 12.0 Å². The Labute approximate surface area is 225 Å². The largest absolute Gasteiger partial charge is 0.375 e. The van der Waals surface area contributed by atoms with Crippen LogP contribution in [0.3, 0.4) is 0 Å². The molecule has 0 unspecified atom stereocenters. The van der Waals surface area contributed by atoms with Crippen molar-refractivity contribution in [1.29, 1.82) is 0 Å². The molecule has 3 aliphatic heterocycles. The Morgan fingerprint density at radius 1 is 1.08 bits per heavy atom. The second-order valence-electron chi connectivity index (χ2n) is 11.1. The Bertz CT molecular complexity index is 1840. The Morgan fingerprint density at radius 2 is 1.79 bits per heavy atom. The summed E-state index contributed by atoms with van der Waals surface area (Å²) in [6.45, 7) is 4.79. The maximum Gasteiger partial charge on any atom is 0.254 e. The Hall–Kier alpha value is -3.43. The second-order valence-corrected chi connectivity index (χ2v) is 11.1. The molecule has 8 heteroatoms. The molecule has 0 spiro atoms. The number of likely N-dealkylation sites (N-methyl/N-ethyl adjacent to an activating group) is 1. The predicted octanol–water partition coefficient (Wildman–Crippen LogP) is 5.28. The van der Waals surface area contributed by atoms with Gasteiger partial charge in [0.1, 0.15) is 12.3 Å². The lowest BCUT2D eigenvalue weighted by Gasteiger charge is -2.48. The van der Waals surface area contributed by atoms with Gasteiger partial charge in [0.05, 0.1) is 27.6 Å². The molecule has 0 saturated carbocycles. The van der Waals surface area contributed by atoms with Crippen molar-refractivity contribution in [1.82, 2.24) is 19.8 Å². The van der Waals surface area contributed by atoms with Crippen molar-refractivity contribution in [2.24, 2.45) is 0 Å². The highest BCUT2D eigenvalue weighted by molar-refractivity contribution is 6.31. The van der Waals surface area contributed by atoms with Crippen molar-refractivity contribution >= 4 is 49.5 Å². The first kappa shape index (κ1) is 23.5. The van der Waals surface area contributed by atoms with Gasteiger partial charge in [-0.15, -0.1) is 0 Å². The van der Waals surface area contributed by atoms with Gasteiger partial charge in [-0.1, -0.05) is 43.3 Å². The maximum atomic E-state index is 13.8. The molecule has 2 aromatic heterocycles. The van der Waals surface area contributed by atoms with Gasteiger partial charge >= 0.3 is 0 Å². The summed E-state index contributed by atoms with van der Waals surface area (Å²) in [6, 6.07) is 16.9. The van der Waals surface area contributed by atoms with E-state index in [0.717, 1.165) is 62.0 Å². The number of ether oxygens (including phenoxy) is 3. The standard InChI is InChI=1S/C31H32N4O4/c1-5-14-38-30-25-23-17-11-7-9-13-20(17)35-27(23)26-22(24(25)29(36)33-30)16-10-6-8-12-19(16)34(26)21-15-18(32-3)28(37-4)31(35,2)39-21/h6-13,18,21,28,30,32H,5,14-15H2,1-4H3,(H,33,36)/t18-,21-,28-,30-,31+/m1/s1. The summed E-state index contributed by atoms with van der Waals surface area (Å²) in [6.07, 6.45) is 0.580. The number of amides is 1. The molecular formula is C31H32N4O4. The molecule has 3 aromatic carbocycles. The third-order valence-corrected chi connectivity index (χ3v) is 9.12. The summed E-state index contributed by atoms with van der Waals surface area (Å²) < 4.78 is 24.3. The Balaban J connectivity index is 1.67. The smallest absolute Gasteiger partial charge is 0.254 e. The van der Waals surface area contributed by atoms with Crippen LogP contribution in [0.25, 0.3) is 43.6 Å². The molecule has 5 aromatic rings. The molecule has 0 radical (unpaired) electrons. The zero-order valence-corrected chi connectivity index (χ0v) is 22.6. The van der Waals surface area contributed by atoms with Crippen LogP contribution in [0.4, 0.5) is 0 Å². The number of aromatic nitrogens is 2. The van der Waals surface area contributed by atoms with Gasteiger partial charge in [-0.25, -0.2) is 0 Å². The zero-order valence-electron chi connectivity index (χ0n) is 22.6. The topological polar surface area (TPSA) is 78.7 Å². The van der Waals surface area contributed by atoms with Gasteiger partial charge in [0, 0.05) is 53.3 Å². The molecule has 200 valence electrons. The number of nitrogens with one attached hydrogen (secondary N) is 2. The van der Waals surface area contributed by atoms with Crippen LogP contribution in [-0.2, 0) is 19.9 Å². The number of carbonyl (C=O) groups excluding carboxylic acids is 1. The Kier molecular flexibility index (Phi) is 4.84. The lowest BCUT2D eigenvalue weighted by atomic mass is 9.93. The average molecular weight is 525 g/mol. The molecular weight excluding hydrogens is 492 g/mol. The van der Waals surface area contributed by atoms with Gasteiger partial charge in [0.2, 0.25) is 0 Å². The van der Waals surface area contributed by atoms with Crippen LogP contribution in [0.15, 0.2) is 48.5 Å². The first-order valence-electron chi connectivity index (χ1n) is 13.9. The van der Waals surface area contributed by atoms with Gasteiger partial charge in [-0.2, -0.15) is 0 Å². The minimum absolute atomic E-state index is 0.0521. The highest BCUT2D eigenvalue weighted by atomic mass is 16.6. The van der Waals surface area contributed by atoms with E-state index in [2.05, 4.69) is 76.1 Å². The summed E-state index contributed by atoms with van der Waals surface area (Å²) >= 11 is 0. The number of para-hydroxylation sites is 2. The van der Waals surface area contributed by atoms with Crippen LogP contribution in [0, 0.1) is 0 Å². The molecule has 5 atom stereocenters. The van der Waals surface area contributed by atoms with Crippen LogP contribution in [0.2, 0.25) is 0 Å². The van der Waals surface area contributed by atoms with E-state index in [1.165, 1.54) is 0 Å². The molecule has 0 aliphatic carbocycles. The molecule has 8 nitrogen and oxygen atoms in total. The van der Waals surface area contributed by atoms with Crippen molar-refractivity contribution in [2.75, 3.05) is 20.8 Å². The van der Waals surface area contributed by atoms with Gasteiger partial charge in [0.25, 0.3) is 5.91 Å². The summed E-state index contributed by atoms with van der Waals surface area (Å²) in [7, 11) is 3.76. The molecule has 2 bridgehead atoms. The Morgan fingerprint density at radius 3 is 2.51 bits per heavy atom. The lowest BCUT2D eigenvalue weighted by molar-refractivity contribution is -0.256. The van der Waals surface area contributed by atoms with E-state index >= 15 is 0 Å². The number of nitrogens with zero attached hydrogens (tertiary/aromatic N) is 2. The van der Waals surface area contributed by atoms with Crippen molar-refractivity contribution in [3.8, 4) is 0 Å². The predicted molar refractivity (Wildman–Crippen MR) is 151 cm³/mol. The minimum atomic E-state index is -0.816. The van der Waals surface area contributed by atoms with E-state index in [1.807, 2.05) is 13.1 Å². The third kappa shape index (κ3) is 2.75. The zero-order chi connectivity index (χ0) is 26.6. The van der Waals surface area contributed by atoms with E-state index in [9.17, 15) is 4.79 Å². The van der Waals surface area contributed by atoms with Crippen LogP contribution < -0.4 is 10.6 Å². The fraction of sp³-hybridized carbons (Fsp3) is 0.387. The normalized spacial score (nSPS) is 27.6. The third-order valence-electron chi connectivity index (χ3n) is 9.12. The number of rotatable bonds is 5. The monoisotopic (exact) mass is 524 g/mol. The number of benzene rings is 3. The molecule has 8 rings (SSSR count). The van der Waals surface area contributed by atoms with Gasteiger partial charge < -0.3 is 34.0 Å². The highest BCUT2D eigenvalue weighted by Gasteiger charge is 2.53. The number of methoxy groups -OCH3 is 1. The van der Waals surface area contributed by atoms with E-state index < -0.39 is 12.0 Å². The number of fused-ring (bicyclic) bond motifs is 13. The number of hydrogen-bond acceptors (Lipinski definition) is 5. The molecule has 3 aliphatic rings. The molecule has 39 heavy (non-hydrogen) atoms. The maximum absolute atomic E-state index is 13.8. The van der Waals surface area contributed by atoms with E-state index in [1.54, 1.807) is 7.11 Å². The fourth-order valence-electron chi connectivity index (χ4n) is 7.72. The van der Waals surface area contributed by atoms with Crippen molar-refractivity contribution in [3.63, 3.8) is 0 Å². The van der Waals surface area contributed by atoms with Crippen molar-refractivity contribution in [2.45, 2.75) is 57.0 Å². The highest BCUT2D eigenvalue weighted by Crippen LogP contribution is 2.54. The number of carbonyl (C=O) groups is 1. The minimum Gasteiger partial charge on any atom is -0.375 e. The summed E-state index contributed by atoms with van der Waals surface area (Å²) in [5.74, 6) is -0.0880. The fourth-order valence-corrected chi connectivity index (χ4v) is 7.72. The van der Waals surface area contributed by atoms with Gasteiger partial charge in [-0.05, 0) is 32.5 Å². The molecule has 1 saturated heterocycles. The summed E-state index contributed by atoms with van der Waals surface area (Å²) in [5.41, 5.74) is 5.03. The van der Waals surface area contributed by atoms with Crippen molar-refractivity contribution < 1.29 is 19.0 Å². The van der Waals surface area contributed by atoms with Crippen LogP contribution in [-0.4, -0.2) is 48.0 Å². The van der Waals surface area contributed by atoms with Crippen LogP contribution in [0.1, 0.15) is 55.1 Å². The van der Waals surface area contributed by atoms with Crippen molar-refractivity contribution in [3.05, 3.63) is 59.7 Å². The summed E-state index contributed by atoms with van der Waals surface area (Å²) in [4.78, 5) is 13.8. The lowest BCUT2D eigenvalue weighted by Crippen LogP contribution is -2.59. The van der Waals surface area contributed by atoms with E-state index in [4.69, 9.17) is 14.2 Å². The quantitative estimate of drug-likeness (QED) is 0.327. The SMILES string of the molecule is CCCO[C@H]1NC(=O)c2c1c1c3ccccc3n3c1c1c2c2ccccc2n1[C@H]1C[C@@H](NC)[C@@H](OC)[C@]3(C)O1. The molecule has 5 heterocycles. The molecule has 1 amide bonds.